The summed E-state index contributed by atoms with van der Waals surface area (Å²) >= 11 is 0. The van der Waals surface area contributed by atoms with Crippen LogP contribution in [0.3, 0.4) is 0 Å². The third-order valence-electron chi connectivity index (χ3n) is 5.39. The van der Waals surface area contributed by atoms with Crippen LogP contribution in [0.4, 0.5) is 5.69 Å². The molecule has 1 aromatic heterocycles. The number of benzene rings is 3. The Morgan fingerprint density at radius 2 is 1.61 bits per heavy atom. The first-order valence-electron chi connectivity index (χ1n) is 11.4. The number of hydrogen-bond acceptors (Lipinski definition) is 7. The molecule has 0 unspecified atom stereocenters. The molecular formula is C28H26N2O6. The number of carbonyl (C=O) groups excluding carboxylic acids is 2. The van der Waals surface area contributed by atoms with Crippen molar-refractivity contribution >= 4 is 17.6 Å². The average Bonchev–Trinajstić information content (AvgIpc) is 3.21. The summed E-state index contributed by atoms with van der Waals surface area (Å²) in [5.74, 6) is 1.43. The van der Waals surface area contributed by atoms with Crippen molar-refractivity contribution in [3.8, 4) is 17.2 Å². The van der Waals surface area contributed by atoms with E-state index in [1.807, 2.05) is 44.2 Å². The molecule has 0 fully saturated rings. The molecule has 0 spiro atoms. The van der Waals surface area contributed by atoms with Crippen LogP contribution in [0.1, 0.15) is 34.3 Å². The molecule has 184 valence electrons. The summed E-state index contributed by atoms with van der Waals surface area (Å²) in [5, 5.41) is 6.64. The van der Waals surface area contributed by atoms with Crippen LogP contribution in [0.2, 0.25) is 0 Å². The zero-order valence-electron chi connectivity index (χ0n) is 20.2. The van der Waals surface area contributed by atoms with E-state index in [9.17, 15) is 9.59 Å². The van der Waals surface area contributed by atoms with E-state index in [-0.39, 0.29) is 12.2 Å². The second-order valence-corrected chi connectivity index (χ2v) is 8.10. The van der Waals surface area contributed by atoms with Gasteiger partial charge in [-0.05, 0) is 75.4 Å². The summed E-state index contributed by atoms with van der Waals surface area (Å²) in [6.07, 6.45) is -1.01. The zero-order chi connectivity index (χ0) is 25.5. The second-order valence-electron chi connectivity index (χ2n) is 8.10. The SMILES string of the molecule is Cc1noc(C)c1COc1cccc(C(=O)O[C@@H](C)C(=O)Nc2ccc(Oc3ccccc3)cc2)c1. The van der Waals surface area contributed by atoms with E-state index in [4.69, 9.17) is 18.7 Å². The summed E-state index contributed by atoms with van der Waals surface area (Å²) in [6, 6.07) is 22.9. The molecule has 1 amide bonds. The maximum absolute atomic E-state index is 12.6. The standard InChI is InChI=1S/C28H26N2O6/c1-18-26(19(2)36-30-18)17-33-25-11-7-8-21(16-25)28(32)34-20(3)27(31)29-22-12-14-24(15-13-22)35-23-9-5-4-6-10-23/h4-16,20H,17H2,1-3H3,(H,29,31)/t20-/m0/s1. The van der Waals surface area contributed by atoms with Gasteiger partial charge in [-0.25, -0.2) is 4.79 Å². The predicted octanol–water partition coefficient (Wildman–Crippen LogP) is 5.85. The maximum Gasteiger partial charge on any atom is 0.339 e. The van der Waals surface area contributed by atoms with Crippen molar-refractivity contribution in [3.05, 3.63) is 101 Å². The minimum absolute atomic E-state index is 0.258. The Morgan fingerprint density at radius 3 is 2.31 bits per heavy atom. The Hall–Kier alpha value is -4.59. The van der Waals surface area contributed by atoms with E-state index < -0.39 is 18.0 Å². The molecule has 4 aromatic rings. The summed E-state index contributed by atoms with van der Waals surface area (Å²) in [7, 11) is 0. The van der Waals surface area contributed by atoms with Gasteiger partial charge < -0.3 is 24.1 Å². The number of amides is 1. The minimum Gasteiger partial charge on any atom is -0.489 e. The number of hydrogen-bond donors (Lipinski definition) is 1. The molecule has 1 atom stereocenters. The third kappa shape index (κ3) is 6.29. The molecule has 8 nitrogen and oxygen atoms in total. The summed E-state index contributed by atoms with van der Waals surface area (Å²) in [6.45, 7) is 5.42. The Morgan fingerprint density at radius 1 is 0.917 bits per heavy atom. The molecule has 0 aliphatic carbocycles. The first kappa shape index (κ1) is 24.5. The van der Waals surface area contributed by atoms with Crippen LogP contribution >= 0.6 is 0 Å². The largest absolute Gasteiger partial charge is 0.489 e. The molecule has 0 radical (unpaired) electrons. The molecule has 8 heteroatoms. The number of carbonyl (C=O) groups is 2. The number of rotatable bonds is 9. The van der Waals surface area contributed by atoms with E-state index in [1.165, 1.54) is 6.92 Å². The molecular weight excluding hydrogens is 460 g/mol. The van der Waals surface area contributed by atoms with Crippen LogP contribution in [0.15, 0.2) is 83.4 Å². The van der Waals surface area contributed by atoms with Crippen molar-refractivity contribution in [3.63, 3.8) is 0 Å². The van der Waals surface area contributed by atoms with Crippen molar-refractivity contribution in [1.29, 1.82) is 0 Å². The second kappa shape index (κ2) is 11.2. The van der Waals surface area contributed by atoms with Gasteiger partial charge in [-0.3, -0.25) is 4.79 Å². The fourth-order valence-electron chi connectivity index (χ4n) is 3.33. The van der Waals surface area contributed by atoms with Gasteiger partial charge in [0, 0.05) is 5.69 Å². The summed E-state index contributed by atoms with van der Waals surface area (Å²) in [4.78, 5) is 25.2. The van der Waals surface area contributed by atoms with Gasteiger partial charge in [0.25, 0.3) is 5.91 Å². The van der Waals surface area contributed by atoms with Gasteiger partial charge >= 0.3 is 5.97 Å². The smallest absolute Gasteiger partial charge is 0.339 e. The Balaban J connectivity index is 1.30. The van der Waals surface area contributed by atoms with Crippen LogP contribution in [-0.2, 0) is 16.1 Å². The number of aromatic nitrogens is 1. The number of aryl methyl sites for hydroxylation is 2. The van der Waals surface area contributed by atoms with E-state index in [0.717, 1.165) is 11.3 Å². The van der Waals surface area contributed by atoms with E-state index in [2.05, 4.69) is 10.5 Å². The van der Waals surface area contributed by atoms with E-state index >= 15 is 0 Å². The molecule has 3 aromatic carbocycles. The Labute approximate surface area is 208 Å². The lowest BCUT2D eigenvalue weighted by Gasteiger charge is -2.14. The normalized spacial score (nSPS) is 11.4. The number of nitrogens with zero attached hydrogens (tertiary/aromatic N) is 1. The first-order chi connectivity index (χ1) is 17.4. The number of ether oxygens (including phenoxy) is 3. The fraction of sp³-hybridized carbons (Fsp3) is 0.179. The van der Waals surface area contributed by atoms with E-state index in [1.54, 1.807) is 48.5 Å². The van der Waals surface area contributed by atoms with Crippen LogP contribution < -0.4 is 14.8 Å². The van der Waals surface area contributed by atoms with Crippen LogP contribution in [-0.4, -0.2) is 23.1 Å². The summed E-state index contributed by atoms with van der Waals surface area (Å²) < 4.78 is 22.0. The van der Waals surface area contributed by atoms with Gasteiger partial charge in [0.2, 0.25) is 0 Å². The van der Waals surface area contributed by atoms with Crippen LogP contribution in [0.5, 0.6) is 17.2 Å². The topological polar surface area (TPSA) is 99.9 Å². The van der Waals surface area contributed by atoms with Gasteiger partial charge in [0.15, 0.2) is 6.10 Å². The molecule has 36 heavy (non-hydrogen) atoms. The van der Waals surface area contributed by atoms with Crippen LogP contribution in [0.25, 0.3) is 0 Å². The number of para-hydroxylation sites is 1. The summed E-state index contributed by atoms with van der Waals surface area (Å²) in [5.41, 5.74) is 2.43. The van der Waals surface area contributed by atoms with E-state index in [0.29, 0.717) is 28.7 Å². The van der Waals surface area contributed by atoms with Crippen molar-refractivity contribution in [1.82, 2.24) is 5.16 Å². The molecule has 0 bridgehead atoms. The molecule has 0 saturated carbocycles. The van der Waals surface area contributed by atoms with Gasteiger partial charge in [0.05, 0.1) is 16.8 Å². The highest BCUT2D eigenvalue weighted by molar-refractivity contribution is 5.97. The van der Waals surface area contributed by atoms with Crippen LogP contribution in [0, 0.1) is 13.8 Å². The quantitative estimate of drug-likeness (QED) is 0.296. The van der Waals surface area contributed by atoms with Crippen molar-refractivity contribution in [2.75, 3.05) is 5.32 Å². The lowest BCUT2D eigenvalue weighted by atomic mass is 10.2. The third-order valence-corrected chi connectivity index (χ3v) is 5.39. The highest BCUT2D eigenvalue weighted by Gasteiger charge is 2.20. The highest BCUT2D eigenvalue weighted by Crippen LogP contribution is 2.23. The molecule has 1 N–H and O–H groups in total. The van der Waals surface area contributed by atoms with Gasteiger partial charge in [-0.2, -0.15) is 0 Å². The highest BCUT2D eigenvalue weighted by atomic mass is 16.5. The number of nitrogens with one attached hydrogen (secondary N) is 1. The van der Waals surface area contributed by atoms with Crippen molar-refractivity contribution < 1.29 is 28.3 Å². The van der Waals surface area contributed by atoms with Crippen molar-refractivity contribution in [2.24, 2.45) is 0 Å². The zero-order valence-corrected chi connectivity index (χ0v) is 20.2. The first-order valence-corrected chi connectivity index (χ1v) is 11.4. The lowest BCUT2D eigenvalue weighted by Crippen LogP contribution is -2.30. The molecule has 4 rings (SSSR count). The minimum atomic E-state index is -1.01. The van der Waals surface area contributed by atoms with Gasteiger partial charge in [-0.15, -0.1) is 0 Å². The number of esters is 1. The van der Waals surface area contributed by atoms with Crippen molar-refractivity contribution in [2.45, 2.75) is 33.5 Å². The molecule has 0 saturated heterocycles. The molecule has 1 heterocycles. The Kier molecular flexibility index (Phi) is 7.65. The lowest BCUT2D eigenvalue weighted by molar-refractivity contribution is -0.123. The van der Waals surface area contributed by atoms with Gasteiger partial charge in [0.1, 0.15) is 29.6 Å². The predicted molar refractivity (Wildman–Crippen MR) is 133 cm³/mol. The monoisotopic (exact) mass is 486 g/mol. The van der Waals surface area contributed by atoms with Gasteiger partial charge in [-0.1, -0.05) is 29.4 Å². The number of anilines is 1. The Bertz CT molecular complexity index is 1310. The molecule has 0 aliphatic rings. The fourth-order valence-corrected chi connectivity index (χ4v) is 3.33. The molecule has 0 aliphatic heterocycles. The average molecular weight is 487 g/mol. The maximum atomic E-state index is 12.6.